The summed E-state index contributed by atoms with van der Waals surface area (Å²) in [7, 11) is -9.26. The molecule has 0 N–H and O–H groups in total. The van der Waals surface area contributed by atoms with Gasteiger partial charge in [-0.05, 0) is 74.4 Å². The van der Waals surface area contributed by atoms with E-state index in [4.69, 9.17) is 0 Å². The Balaban J connectivity index is 0.00000413. The fourth-order valence-corrected chi connectivity index (χ4v) is 9.83. The second kappa shape index (κ2) is 24.8. The van der Waals surface area contributed by atoms with Gasteiger partial charge in [0, 0.05) is 81.3 Å². The van der Waals surface area contributed by atoms with Crippen LogP contribution in [0.3, 0.4) is 0 Å². The van der Waals surface area contributed by atoms with E-state index >= 15 is 0 Å². The van der Waals surface area contributed by atoms with E-state index in [-0.39, 0.29) is 111 Å². The predicted octanol–water partition coefficient (Wildman–Crippen LogP) is -3.31. The van der Waals surface area contributed by atoms with Gasteiger partial charge < -0.3 is 24.5 Å². The van der Waals surface area contributed by atoms with Crippen molar-refractivity contribution in [2.75, 3.05) is 29.5 Å². The number of anilines is 1. The topological polar surface area (TPSA) is 204 Å². The van der Waals surface area contributed by atoms with E-state index in [0.29, 0.717) is 61.1 Å². The molecular formula is C39H43N2Na3O12S4. The van der Waals surface area contributed by atoms with Gasteiger partial charge in [0.1, 0.15) is 16.7 Å². The number of nitrogens with zero attached hydrogens (tertiary/aromatic N) is 2. The van der Waals surface area contributed by atoms with E-state index in [1.807, 2.05) is 80.6 Å². The average molecular weight is 929 g/mol. The first-order valence-corrected chi connectivity index (χ1v) is 22.6. The van der Waals surface area contributed by atoms with Gasteiger partial charge in [0.15, 0.2) is 5.71 Å². The van der Waals surface area contributed by atoms with Crippen molar-refractivity contribution in [1.29, 1.82) is 0 Å². The Kier molecular flexibility index (Phi) is 23.0. The van der Waals surface area contributed by atoms with Gasteiger partial charge in [-0.25, -0.2) is 16.8 Å². The molecule has 3 aromatic carbocycles. The Bertz CT molecular complexity index is 2340. The SMILES string of the molecule is CC1(C)C(/C=C/C=C/C=C/C=C2/N(CCCCS(=O)(=O)[O-])c3ccccc3C2(C)C)=[N+](CCCCSOO[O-])c2ccc3cc(SOO[O-])cc(S(=O)(=O)[O-])c3c21.[Na+].[Na+].[Na+]. The quantitative estimate of drug-likeness (QED) is 0.0159. The number of rotatable bonds is 20. The first kappa shape index (κ1) is 55.8. The zero-order chi connectivity index (χ0) is 41.4. The molecule has 0 fully saturated rings. The van der Waals surface area contributed by atoms with Crippen molar-refractivity contribution in [2.24, 2.45) is 0 Å². The molecule has 21 heteroatoms. The van der Waals surface area contributed by atoms with Crippen LogP contribution in [0.25, 0.3) is 10.8 Å². The van der Waals surface area contributed by atoms with Gasteiger partial charge in [-0.2, -0.15) is 13.2 Å². The third kappa shape index (κ3) is 13.8. The summed E-state index contributed by atoms with van der Waals surface area (Å²) >= 11 is 1.39. The maximum absolute atomic E-state index is 12.7. The maximum atomic E-state index is 12.7. The fourth-order valence-electron chi connectivity index (χ4n) is 7.58. The molecule has 0 bridgehead atoms. The van der Waals surface area contributed by atoms with E-state index < -0.39 is 36.3 Å². The van der Waals surface area contributed by atoms with Gasteiger partial charge in [0.25, 0.3) is 0 Å². The largest absolute Gasteiger partial charge is 1.00 e. The van der Waals surface area contributed by atoms with Crippen molar-refractivity contribution in [3.05, 3.63) is 108 Å². The second-order valence-electron chi connectivity index (χ2n) is 14.4. The van der Waals surface area contributed by atoms with Gasteiger partial charge in [0.2, 0.25) is 5.69 Å². The van der Waals surface area contributed by atoms with Crippen LogP contribution in [0.2, 0.25) is 0 Å². The van der Waals surface area contributed by atoms with Crippen LogP contribution < -0.4 is 104 Å². The number of allylic oxidation sites excluding steroid dienone is 8. The van der Waals surface area contributed by atoms with Gasteiger partial charge >= 0.3 is 88.7 Å². The molecule has 0 unspecified atom stereocenters. The van der Waals surface area contributed by atoms with Crippen LogP contribution in [0.5, 0.6) is 0 Å². The summed E-state index contributed by atoms with van der Waals surface area (Å²) in [5.74, 6) is 0.106. The van der Waals surface area contributed by atoms with Crippen molar-refractivity contribution < 1.29 is 148 Å². The molecule has 0 amide bonds. The van der Waals surface area contributed by atoms with E-state index in [2.05, 4.69) is 48.1 Å². The molecule has 0 saturated carbocycles. The molecule has 5 rings (SSSR count). The molecule has 3 aromatic rings. The fraction of sp³-hybridized carbons (Fsp3) is 0.359. The minimum Gasteiger partial charge on any atom is -0.748 e. The van der Waals surface area contributed by atoms with Crippen LogP contribution in [0.1, 0.15) is 64.5 Å². The summed E-state index contributed by atoms with van der Waals surface area (Å²) in [6.45, 7) is 9.28. The predicted molar refractivity (Wildman–Crippen MR) is 213 cm³/mol. The van der Waals surface area contributed by atoms with Crippen LogP contribution in [0.15, 0.2) is 107 Å². The summed E-state index contributed by atoms with van der Waals surface area (Å²) in [6.07, 6.45) is 15.6. The third-order valence-electron chi connectivity index (χ3n) is 10.0. The first-order chi connectivity index (χ1) is 27.0. The van der Waals surface area contributed by atoms with Crippen molar-refractivity contribution in [3.8, 4) is 0 Å². The Hall–Kier alpha value is -0.370. The minimum atomic E-state index is -4.98. The Morgan fingerprint density at radius 2 is 1.48 bits per heavy atom. The summed E-state index contributed by atoms with van der Waals surface area (Å²) < 4.78 is 82.5. The van der Waals surface area contributed by atoms with Crippen LogP contribution in [-0.2, 0) is 49.8 Å². The molecule has 0 radical (unpaired) electrons. The number of hydrogen-bond donors (Lipinski definition) is 0. The van der Waals surface area contributed by atoms with E-state index in [1.165, 1.54) is 6.07 Å². The van der Waals surface area contributed by atoms with Gasteiger partial charge in [0.05, 0.1) is 32.5 Å². The summed E-state index contributed by atoms with van der Waals surface area (Å²) in [6, 6.07) is 14.5. The Morgan fingerprint density at radius 1 is 0.800 bits per heavy atom. The Labute approximate surface area is 427 Å². The second-order valence-corrected chi connectivity index (χ2v) is 18.8. The minimum absolute atomic E-state index is 0. The van der Waals surface area contributed by atoms with E-state index in [0.717, 1.165) is 40.4 Å². The zero-order valence-electron chi connectivity index (χ0n) is 34.7. The normalized spacial score (nSPS) is 16.5. The molecule has 2 aliphatic heterocycles. The molecule has 0 spiro atoms. The number of unbranched alkanes of at least 4 members (excludes halogenated alkanes) is 2. The van der Waals surface area contributed by atoms with Gasteiger partial charge in [-0.3, -0.25) is 10.1 Å². The molecule has 0 aromatic heterocycles. The zero-order valence-corrected chi connectivity index (χ0v) is 44.0. The van der Waals surface area contributed by atoms with Crippen LogP contribution in [-0.4, -0.2) is 60.8 Å². The molecule has 14 nitrogen and oxygen atoms in total. The van der Waals surface area contributed by atoms with Crippen molar-refractivity contribution in [2.45, 2.75) is 74.0 Å². The number of benzene rings is 3. The number of fused-ring (bicyclic) bond motifs is 4. The van der Waals surface area contributed by atoms with Crippen LogP contribution in [0.4, 0.5) is 11.4 Å². The van der Waals surface area contributed by atoms with Crippen molar-refractivity contribution in [3.63, 3.8) is 0 Å². The molecular weight excluding hydrogens is 886 g/mol. The molecule has 0 saturated heterocycles. The van der Waals surface area contributed by atoms with E-state index in [9.17, 15) is 36.5 Å². The van der Waals surface area contributed by atoms with Crippen molar-refractivity contribution in [1.82, 2.24) is 0 Å². The average Bonchev–Trinajstić information content (AvgIpc) is 3.50. The van der Waals surface area contributed by atoms with Gasteiger partial charge in [-0.1, -0.05) is 62.4 Å². The Morgan fingerprint density at radius 3 is 2.17 bits per heavy atom. The van der Waals surface area contributed by atoms with Crippen molar-refractivity contribution >= 4 is 72.2 Å². The van der Waals surface area contributed by atoms with Crippen LogP contribution in [0, 0.1) is 0 Å². The summed E-state index contributed by atoms with van der Waals surface area (Å²) in [5.41, 5.74) is 4.39. The molecule has 60 heavy (non-hydrogen) atoms. The van der Waals surface area contributed by atoms with Crippen LogP contribution >= 0.6 is 24.1 Å². The summed E-state index contributed by atoms with van der Waals surface area (Å²) in [4.78, 5) is 1.93. The molecule has 0 atom stereocenters. The summed E-state index contributed by atoms with van der Waals surface area (Å²) in [5, 5.41) is 28.3. The molecule has 308 valence electrons. The molecule has 0 aliphatic carbocycles. The van der Waals surface area contributed by atoms with E-state index in [1.54, 1.807) is 12.1 Å². The number of para-hydroxylation sites is 1. The monoisotopic (exact) mass is 928 g/mol. The number of hydrogen-bond acceptors (Lipinski definition) is 15. The first-order valence-electron chi connectivity index (χ1n) is 18.0. The molecule has 2 heterocycles. The maximum Gasteiger partial charge on any atom is 1.00 e. The third-order valence-corrected chi connectivity index (χ3v) is 12.8. The smallest absolute Gasteiger partial charge is 0.748 e. The molecule has 2 aliphatic rings. The standard InChI is InChI=1S/C39H46N2O12S4.3Na/c1-38(2)30-16-10-11-17-31(30)40(23-13-15-25-56(44,45)46)34(38)18-8-6-5-7-9-19-35-39(3,4)37-32(41(35)22-12-14-24-54-52-50-42)21-20-28-26-29(55-53-51-43)27-33(36(28)37)57(47,48)49;;;/h5-11,16-21,26-27H,12-15,22-25H2,1-4H3,(H3-,42,43,44,45,46,47,48,49);;;/q;3*+1/p-3. The van der Waals surface area contributed by atoms with Gasteiger partial charge in [-0.15, -0.1) is 0 Å².